The van der Waals surface area contributed by atoms with Crippen LogP contribution in [-0.4, -0.2) is 23.1 Å². The molecule has 2 rings (SSSR count). The van der Waals surface area contributed by atoms with E-state index in [9.17, 15) is 9.18 Å². The Morgan fingerprint density at radius 1 is 1.53 bits per heavy atom. The van der Waals surface area contributed by atoms with E-state index in [-0.39, 0.29) is 11.2 Å². The highest BCUT2D eigenvalue weighted by molar-refractivity contribution is 7.10. The number of amides is 1. The van der Waals surface area contributed by atoms with Gasteiger partial charge >= 0.3 is 6.09 Å². The average Bonchev–Trinajstić information content (AvgIpc) is 2.53. The molecule has 2 heterocycles. The third-order valence-electron chi connectivity index (χ3n) is 2.49. The van der Waals surface area contributed by atoms with Gasteiger partial charge in [0.25, 0.3) is 0 Å². The molecule has 1 amide bonds. The molecule has 1 aliphatic heterocycles. The number of hydrogen-bond donors (Lipinski definition) is 0. The average molecular weight is 257 g/mol. The van der Waals surface area contributed by atoms with Gasteiger partial charge in [-0.05, 0) is 38.8 Å². The number of carbonyl (C=O) groups is 1. The van der Waals surface area contributed by atoms with Crippen LogP contribution >= 0.6 is 11.3 Å². The third-order valence-corrected chi connectivity index (χ3v) is 3.51. The number of thiophene rings is 1. The van der Waals surface area contributed by atoms with Gasteiger partial charge in [0.2, 0.25) is 0 Å². The molecule has 94 valence electrons. The van der Waals surface area contributed by atoms with Gasteiger partial charge in [0.15, 0.2) is 5.13 Å². The van der Waals surface area contributed by atoms with Crippen molar-refractivity contribution in [3.05, 3.63) is 21.6 Å². The van der Waals surface area contributed by atoms with Gasteiger partial charge in [-0.15, -0.1) is 11.3 Å². The summed E-state index contributed by atoms with van der Waals surface area (Å²) in [4.78, 5) is 14.5. The lowest BCUT2D eigenvalue weighted by atomic mass is 10.1. The fourth-order valence-corrected chi connectivity index (χ4v) is 2.66. The smallest absolute Gasteiger partial charge is 0.410 e. The zero-order valence-corrected chi connectivity index (χ0v) is 11.1. The summed E-state index contributed by atoms with van der Waals surface area (Å²) in [6, 6.07) is 1.51. The van der Waals surface area contributed by atoms with Crippen molar-refractivity contribution in [1.82, 2.24) is 4.90 Å². The Morgan fingerprint density at radius 2 is 2.24 bits per heavy atom. The van der Waals surface area contributed by atoms with E-state index in [1.54, 1.807) is 4.90 Å². The number of rotatable bonds is 0. The molecule has 0 saturated carbocycles. The maximum absolute atomic E-state index is 13.1. The van der Waals surface area contributed by atoms with E-state index in [2.05, 4.69) is 0 Å². The Kier molecular flexibility index (Phi) is 3.12. The molecule has 0 aromatic carbocycles. The topological polar surface area (TPSA) is 29.5 Å². The van der Waals surface area contributed by atoms with Crippen LogP contribution in [0.5, 0.6) is 0 Å². The molecular weight excluding hydrogens is 241 g/mol. The first-order valence-electron chi connectivity index (χ1n) is 5.60. The number of hydrogen-bond acceptors (Lipinski definition) is 3. The summed E-state index contributed by atoms with van der Waals surface area (Å²) >= 11 is 1.17. The Balaban J connectivity index is 2.05. The van der Waals surface area contributed by atoms with Crippen LogP contribution in [0.4, 0.5) is 9.18 Å². The second-order valence-electron chi connectivity index (χ2n) is 5.15. The van der Waals surface area contributed by atoms with Gasteiger partial charge in [0.05, 0.1) is 6.54 Å². The first-order valence-corrected chi connectivity index (χ1v) is 6.42. The summed E-state index contributed by atoms with van der Waals surface area (Å²) in [6.45, 7) is 6.56. The lowest BCUT2D eigenvalue weighted by Gasteiger charge is -2.29. The van der Waals surface area contributed by atoms with Gasteiger partial charge in [0.1, 0.15) is 5.60 Å². The number of ether oxygens (including phenoxy) is 1. The van der Waals surface area contributed by atoms with Crippen LogP contribution in [0.25, 0.3) is 0 Å². The van der Waals surface area contributed by atoms with Gasteiger partial charge in [-0.1, -0.05) is 0 Å². The van der Waals surface area contributed by atoms with Gasteiger partial charge < -0.3 is 9.64 Å². The third kappa shape index (κ3) is 2.97. The maximum Gasteiger partial charge on any atom is 0.410 e. The van der Waals surface area contributed by atoms with E-state index in [1.165, 1.54) is 17.4 Å². The molecule has 0 unspecified atom stereocenters. The fourth-order valence-electron chi connectivity index (χ4n) is 1.78. The minimum Gasteiger partial charge on any atom is -0.444 e. The molecule has 0 radical (unpaired) electrons. The molecule has 1 aromatic rings. The Morgan fingerprint density at radius 3 is 2.88 bits per heavy atom. The van der Waals surface area contributed by atoms with E-state index in [0.717, 1.165) is 10.4 Å². The second kappa shape index (κ2) is 4.29. The van der Waals surface area contributed by atoms with Crippen molar-refractivity contribution in [3.63, 3.8) is 0 Å². The van der Waals surface area contributed by atoms with Crippen LogP contribution in [-0.2, 0) is 17.7 Å². The van der Waals surface area contributed by atoms with Crippen molar-refractivity contribution < 1.29 is 13.9 Å². The van der Waals surface area contributed by atoms with Crippen molar-refractivity contribution in [3.8, 4) is 0 Å². The summed E-state index contributed by atoms with van der Waals surface area (Å²) < 4.78 is 18.4. The molecule has 17 heavy (non-hydrogen) atoms. The molecule has 3 nitrogen and oxygen atoms in total. The zero-order chi connectivity index (χ0) is 12.6. The Bertz CT molecular complexity index is 436. The summed E-state index contributed by atoms with van der Waals surface area (Å²) in [5.41, 5.74) is 0.418. The van der Waals surface area contributed by atoms with E-state index in [1.807, 2.05) is 20.8 Å². The number of fused-ring (bicyclic) bond motifs is 1. The van der Waals surface area contributed by atoms with E-state index >= 15 is 0 Å². The van der Waals surface area contributed by atoms with Crippen LogP contribution < -0.4 is 0 Å². The van der Waals surface area contributed by atoms with Crippen molar-refractivity contribution in [1.29, 1.82) is 0 Å². The highest BCUT2D eigenvalue weighted by Gasteiger charge is 2.26. The summed E-state index contributed by atoms with van der Waals surface area (Å²) in [7, 11) is 0. The molecule has 0 atom stereocenters. The van der Waals surface area contributed by atoms with Crippen LogP contribution in [0.2, 0.25) is 0 Å². The van der Waals surface area contributed by atoms with Crippen molar-refractivity contribution in [2.45, 2.75) is 39.3 Å². The van der Waals surface area contributed by atoms with E-state index in [0.29, 0.717) is 19.5 Å². The fraction of sp³-hybridized carbons (Fsp3) is 0.583. The molecular formula is C12H16FNO2S. The normalized spacial score (nSPS) is 15.6. The predicted octanol–water partition coefficient (Wildman–Crippen LogP) is 3.18. The van der Waals surface area contributed by atoms with E-state index < -0.39 is 5.60 Å². The quantitative estimate of drug-likeness (QED) is 0.714. The molecule has 1 aliphatic rings. The number of carbonyl (C=O) groups excluding carboxylic acids is 1. The second-order valence-corrected chi connectivity index (χ2v) is 6.24. The Labute approximate surface area is 104 Å². The van der Waals surface area contributed by atoms with E-state index in [4.69, 9.17) is 4.74 Å². The molecule has 0 fully saturated rings. The van der Waals surface area contributed by atoms with Gasteiger partial charge in [-0.25, -0.2) is 4.79 Å². The predicted molar refractivity (Wildman–Crippen MR) is 64.6 cm³/mol. The highest BCUT2D eigenvalue weighted by atomic mass is 32.1. The van der Waals surface area contributed by atoms with Crippen LogP contribution in [0, 0.1) is 5.13 Å². The number of halogens is 1. The summed E-state index contributed by atoms with van der Waals surface area (Å²) in [6.07, 6.45) is 0.387. The van der Waals surface area contributed by atoms with Crippen molar-refractivity contribution in [2.75, 3.05) is 6.54 Å². The molecule has 5 heteroatoms. The molecule has 1 aromatic heterocycles. The van der Waals surface area contributed by atoms with Crippen LogP contribution in [0.1, 0.15) is 31.2 Å². The summed E-state index contributed by atoms with van der Waals surface area (Å²) in [5.74, 6) is 0. The molecule has 0 bridgehead atoms. The SMILES string of the molecule is CC(C)(C)OC(=O)N1CCc2sc(F)cc2C1. The highest BCUT2D eigenvalue weighted by Crippen LogP contribution is 2.27. The van der Waals surface area contributed by atoms with Crippen molar-refractivity contribution >= 4 is 17.4 Å². The first kappa shape index (κ1) is 12.4. The minimum absolute atomic E-state index is 0.180. The number of nitrogens with zero attached hydrogens (tertiary/aromatic N) is 1. The molecule has 0 saturated heterocycles. The molecule has 0 spiro atoms. The van der Waals surface area contributed by atoms with Crippen molar-refractivity contribution in [2.24, 2.45) is 0 Å². The Hall–Kier alpha value is -1.10. The summed E-state index contributed by atoms with van der Waals surface area (Å²) in [5, 5.41) is -0.180. The van der Waals surface area contributed by atoms with Gasteiger partial charge in [-0.3, -0.25) is 0 Å². The zero-order valence-electron chi connectivity index (χ0n) is 10.2. The largest absolute Gasteiger partial charge is 0.444 e. The van der Waals surface area contributed by atoms with Crippen LogP contribution in [0.15, 0.2) is 6.07 Å². The lowest BCUT2D eigenvalue weighted by Crippen LogP contribution is -2.39. The molecule has 0 aliphatic carbocycles. The standard InChI is InChI=1S/C12H16FNO2S/c1-12(2,3)16-11(15)14-5-4-9-8(7-14)6-10(13)17-9/h6H,4-5,7H2,1-3H3. The monoisotopic (exact) mass is 257 g/mol. The van der Waals surface area contributed by atoms with Gasteiger partial charge in [-0.2, -0.15) is 4.39 Å². The lowest BCUT2D eigenvalue weighted by molar-refractivity contribution is 0.0225. The minimum atomic E-state index is -0.489. The van der Waals surface area contributed by atoms with Gasteiger partial charge in [0, 0.05) is 11.4 Å². The maximum atomic E-state index is 13.1. The van der Waals surface area contributed by atoms with Crippen LogP contribution in [0.3, 0.4) is 0 Å². The first-order chi connectivity index (χ1) is 7.85. The molecule has 0 N–H and O–H groups in total.